The van der Waals surface area contributed by atoms with E-state index in [-0.39, 0.29) is 24.3 Å². The van der Waals surface area contributed by atoms with Crippen LogP contribution in [0.25, 0.3) is 5.57 Å². The van der Waals surface area contributed by atoms with Crippen LogP contribution in [0.3, 0.4) is 0 Å². The Morgan fingerprint density at radius 2 is 2.03 bits per heavy atom. The van der Waals surface area contributed by atoms with Gasteiger partial charge in [0.15, 0.2) is 0 Å². The van der Waals surface area contributed by atoms with E-state index in [1.54, 1.807) is 11.0 Å². The second-order valence-electron chi connectivity index (χ2n) is 8.92. The SMILES string of the molecule is CC(C)CC1CC(c2ccc3c(c2)CN(C2CCC(=O)NC2=O)C3=O)=CCN1C(=O)O. The van der Waals surface area contributed by atoms with Crippen molar-refractivity contribution in [3.05, 3.63) is 41.0 Å². The molecule has 1 aromatic carbocycles. The first-order valence-corrected chi connectivity index (χ1v) is 10.7. The Balaban J connectivity index is 1.55. The summed E-state index contributed by atoms with van der Waals surface area (Å²) in [6.45, 7) is 4.85. The Hall–Kier alpha value is -3.16. The summed E-state index contributed by atoms with van der Waals surface area (Å²) >= 11 is 0. The van der Waals surface area contributed by atoms with Crippen LogP contribution in [0.5, 0.6) is 0 Å². The Kier molecular flexibility index (Phi) is 5.56. The van der Waals surface area contributed by atoms with Crippen LogP contribution >= 0.6 is 0 Å². The van der Waals surface area contributed by atoms with E-state index < -0.39 is 18.0 Å². The quantitative estimate of drug-likeness (QED) is 0.721. The highest BCUT2D eigenvalue weighted by atomic mass is 16.4. The van der Waals surface area contributed by atoms with Gasteiger partial charge in [-0.2, -0.15) is 0 Å². The number of piperidine rings is 1. The predicted octanol–water partition coefficient (Wildman–Crippen LogP) is 2.63. The maximum absolute atomic E-state index is 12.9. The molecule has 2 N–H and O–H groups in total. The van der Waals surface area contributed by atoms with Crippen molar-refractivity contribution < 1.29 is 24.3 Å². The molecular weight excluding hydrogens is 398 g/mol. The monoisotopic (exact) mass is 425 g/mol. The third-order valence-corrected chi connectivity index (χ3v) is 6.31. The Bertz CT molecular complexity index is 983. The molecule has 164 valence electrons. The van der Waals surface area contributed by atoms with Gasteiger partial charge in [0.1, 0.15) is 6.04 Å². The van der Waals surface area contributed by atoms with E-state index in [0.29, 0.717) is 37.4 Å². The number of fused-ring (bicyclic) bond motifs is 1. The van der Waals surface area contributed by atoms with Crippen molar-refractivity contribution in [2.24, 2.45) is 5.92 Å². The van der Waals surface area contributed by atoms with Crippen LogP contribution in [-0.4, -0.2) is 57.3 Å². The molecule has 4 amide bonds. The number of carboxylic acid groups (broad SMARTS) is 1. The van der Waals surface area contributed by atoms with E-state index in [9.17, 15) is 24.3 Å². The van der Waals surface area contributed by atoms with Crippen molar-refractivity contribution in [1.29, 1.82) is 0 Å². The number of carbonyl (C=O) groups is 4. The first-order valence-electron chi connectivity index (χ1n) is 10.7. The summed E-state index contributed by atoms with van der Waals surface area (Å²) in [5, 5.41) is 11.8. The number of nitrogens with one attached hydrogen (secondary N) is 1. The fourth-order valence-electron chi connectivity index (χ4n) is 4.80. The van der Waals surface area contributed by atoms with Crippen LogP contribution < -0.4 is 5.32 Å². The lowest BCUT2D eigenvalue weighted by Crippen LogP contribution is -2.52. The van der Waals surface area contributed by atoms with Crippen molar-refractivity contribution >= 4 is 29.4 Å². The molecule has 2 unspecified atom stereocenters. The molecule has 3 aliphatic rings. The number of nitrogens with zero attached hydrogens (tertiary/aromatic N) is 2. The lowest BCUT2D eigenvalue weighted by molar-refractivity contribution is -0.136. The van der Waals surface area contributed by atoms with Crippen LogP contribution in [0.1, 0.15) is 61.0 Å². The Morgan fingerprint density at radius 3 is 2.71 bits per heavy atom. The van der Waals surface area contributed by atoms with Gasteiger partial charge < -0.3 is 14.9 Å². The number of amides is 4. The number of hydrogen-bond donors (Lipinski definition) is 2. The second-order valence-corrected chi connectivity index (χ2v) is 8.92. The van der Waals surface area contributed by atoms with Gasteiger partial charge in [0.2, 0.25) is 11.8 Å². The molecule has 3 heterocycles. The lowest BCUT2D eigenvalue weighted by Gasteiger charge is -2.34. The zero-order chi connectivity index (χ0) is 22.3. The molecule has 0 saturated carbocycles. The third-order valence-electron chi connectivity index (χ3n) is 6.31. The summed E-state index contributed by atoms with van der Waals surface area (Å²) in [5.41, 5.74) is 3.50. The fourth-order valence-corrected chi connectivity index (χ4v) is 4.80. The number of imide groups is 1. The van der Waals surface area contributed by atoms with E-state index in [4.69, 9.17) is 0 Å². The molecule has 3 aliphatic heterocycles. The van der Waals surface area contributed by atoms with E-state index in [2.05, 4.69) is 19.2 Å². The summed E-state index contributed by atoms with van der Waals surface area (Å²) in [5.74, 6) is -0.532. The molecule has 8 heteroatoms. The largest absolute Gasteiger partial charge is 0.465 e. The van der Waals surface area contributed by atoms with Crippen molar-refractivity contribution in [2.75, 3.05) is 6.54 Å². The smallest absolute Gasteiger partial charge is 0.407 e. The van der Waals surface area contributed by atoms with Gasteiger partial charge in [-0.05, 0) is 54.0 Å². The fraction of sp³-hybridized carbons (Fsp3) is 0.478. The summed E-state index contributed by atoms with van der Waals surface area (Å²) in [4.78, 5) is 51.2. The van der Waals surface area contributed by atoms with E-state index in [0.717, 1.165) is 23.1 Å². The molecule has 1 saturated heterocycles. The molecule has 31 heavy (non-hydrogen) atoms. The van der Waals surface area contributed by atoms with Crippen LogP contribution in [-0.2, 0) is 16.1 Å². The lowest BCUT2D eigenvalue weighted by atomic mass is 9.88. The molecule has 1 aromatic rings. The van der Waals surface area contributed by atoms with Gasteiger partial charge in [-0.15, -0.1) is 0 Å². The molecule has 0 bridgehead atoms. The molecule has 4 rings (SSSR count). The molecule has 0 spiro atoms. The van der Waals surface area contributed by atoms with Crippen LogP contribution in [0.15, 0.2) is 24.3 Å². The van der Waals surface area contributed by atoms with Crippen molar-refractivity contribution in [2.45, 2.75) is 58.2 Å². The number of rotatable bonds is 4. The molecular formula is C23H27N3O5. The van der Waals surface area contributed by atoms with E-state index >= 15 is 0 Å². The second kappa shape index (κ2) is 8.17. The molecule has 0 aliphatic carbocycles. The Labute approximate surface area is 180 Å². The highest BCUT2D eigenvalue weighted by Crippen LogP contribution is 2.34. The highest BCUT2D eigenvalue weighted by molar-refractivity contribution is 6.05. The third kappa shape index (κ3) is 4.06. The van der Waals surface area contributed by atoms with Gasteiger partial charge in [0.05, 0.1) is 0 Å². The maximum Gasteiger partial charge on any atom is 0.407 e. The first kappa shape index (κ1) is 21.1. The minimum Gasteiger partial charge on any atom is -0.465 e. The standard InChI is InChI=1S/C23H27N3O5/c1-13(2)9-17-11-15(7-8-25(17)23(30)31)14-3-4-18-16(10-14)12-26(22(18)29)19-5-6-20(27)24-21(19)28/h3-4,7,10,13,17,19H,5-6,8-9,11-12H2,1-2H3,(H,30,31)(H,24,27,28). The maximum atomic E-state index is 12.9. The summed E-state index contributed by atoms with van der Waals surface area (Å²) in [6.07, 6.45) is 3.03. The van der Waals surface area contributed by atoms with Crippen molar-refractivity contribution in [3.8, 4) is 0 Å². The van der Waals surface area contributed by atoms with Gasteiger partial charge in [0, 0.05) is 31.1 Å². The molecule has 8 nitrogen and oxygen atoms in total. The first-order chi connectivity index (χ1) is 14.7. The topological polar surface area (TPSA) is 107 Å². The average Bonchev–Trinajstić information content (AvgIpc) is 3.03. The van der Waals surface area contributed by atoms with Crippen LogP contribution in [0, 0.1) is 5.92 Å². The minimum absolute atomic E-state index is 0.0765. The predicted molar refractivity (Wildman–Crippen MR) is 113 cm³/mol. The van der Waals surface area contributed by atoms with Gasteiger partial charge >= 0.3 is 6.09 Å². The van der Waals surface area contributed by atoms with Gasteiger partial charge in [-0.25, -0.2) is 4.79 Å². The Morgan fingerprint density at radius 1 is 1.26 bits per heavy atom. The number of hydrogen-bond acceptors (Lipinski definition) is 4. The van der Waals surface area contributed by atoms with Gasteiger partial charge in [-0.3, -0.25) is 19.7 Å². The van der Waals surface area contributed by atoms with Crippen molar-refractivity contribution in [1.82, 2.24) is 15.1 Å². The zero-order valence-corrected chi connectivity index (χ0v) is 17.8. The minimum atomic E-state index is -0.902. The van der Waals surface area contributed by atoms with E-state index in [1.807, 2.05) is 18.2 Å². The van der Waals surface area contributed by atoms with Crippen molar-refractivity contribution in [3.63, 3.8) is 0 Å². The summed E-state index contributed by atoms with van der Waals surface area (Å²) < 4.78 is 0. The summed E-state index contributed by atoms with van der Waals surface area (Å²) in [7, 11) is 0. The average molecular weight is 425 g/mol. The number of carbonyl (C=O) groups excluding carboxylic acids is 3. The van der Waals surface area contributed by atoms with Gasteiger partial charge in [0.25, 0.3) is 5.91 Å². The van der Waals surface area contributed by atoms with Gasteiger partial charge in [-0.1, -0.05) is 26.0 Å². The van der Waals surface area contributed by atoms with E-state index in [1.165, 1.54) is 4.90 Å². The summed E-state index contributed by atoms with van der Waals surface area (Å²) in [6, 6.07) is 4.97. The zero-order valence-electron chi connectivity index (χ0n) is 17.8. The molecule has 0 radical (unpaired) electrons. The van der Waals surface area contributed by atoms with Crippen LogP contribution in [0.2, 0.25) is 0 Å². The molecule has 2 atom stereocenters. The number of benzene rings is 1. The van der Waals surface area contributed by atoms with Crippen LogP contribution in [0.4, 0.5) is 4.79 Å². The molecule has 0 aromatic heterocycles. The normalized spacial score (nSPS) is 23.7. The highest BCUT2D eigenvalue weighted by Gasteiger charge is 2.39. The molecule has 1 fully saturated rings.